The summed E-state index contributed by atoms with van der Waals surface area (Å²) in [6, 6.07) is 5.60. The van der Waals surface area contributed by atoms with Gasteiger partial charge in [0.15, 0.2) is 0 Å². The number of nitriles is 2. The van der Waals surface area contributed by atoms with Crippen molar-refractivity contribution in [1.29, 1.82) is 10.5 Å². The number of rotatable bonds is 2. The van der Waals surface area contributed by atoms with Gasteiger partial charge in [-0.05, 0) is 24.3 Å². The number of thioether (sulfide) groups is 1. The Labute approximate surface area is 117 Å². The number of anilines is 1. The summed E-state index contributed by atoms with van der Waals surface area (Å²) in [5.74, 6) is 0.208. The molecule has 0 aromatic carbocycles. The number of hydrogen-bond acceptors (Lipinski definition) is 5. The van der Waals surface area contributed by atoms with Gasteiger partial charge in [-0.15, -0.1) is 11.8 Å². The monoisotopic (exact) mass is 272 g/mol. The van der Waals surface area contributed by atoms with Crippen molar-refractivity contribution in [2.45, 2.75) is 43.4 Å². The van der Waals surface area contributed by atoms with Crippen LogP contribution in [-0.2, 0) is 0 Å². The predicted octanol–water partition coefficient (Wildman–Crippen LogP) is 3.08. The molecule has 19 heavy (non-hydrogen) atoms. The van der Waals surface area contributed by atoms with E-state index >= 15 is 0 Å². The minimum Gasteiger partial charge on any atom is -0.383 e. The summed E-state index contributed by atoms with van der Waals surface area (Å²) in [4.78, 5) is 4.24. The van der Waals surface area contributed by atoms with Gasteiger partial charge in [-0.25, -0.2) is 4.98 Å². The molecule has 0 saturated heterocycles. The van der Waals surface area contributed by atoms with Crippen molar-refractivity contribution in [2.75, 3.05) is 5.73 Å². The van der Waals surface area contributed by atoms with E-state index in [2.05, 4.69) is 24.9 Å². The van der Waals surface area contributed by atoms with Crippen molar-refractivity contribution < 1.29 is 0 Å². The Morgan fingerprint density at radius 3 is 2.58 bits per heavy atom. The third kappa shape index (κ3) is 2.67. The Morgan fingerprint density at radius 1 is 1.37 bits per heavy atom. The van der Waals surface area contributed by atoms with Crippen LogP contribution in [-0.4, -0.2) is 10.2 Å². The summed E-state index contributed by atoms with van der Waals surface area (Å²) in [5.41, 5.74) is 6.71. The molecule has 2 rings (SSSR count). The van der Waals surface area contributed by atoms with E-state index in [1.54, 1.807) is 11.8 Å². The zero-order valence-electron chi connectivity index (χ0n) is 11.1. The van der Waals surface area contributed by atoms with Gasteiger partial charge in [0, 0.05) is 5.25 Å². The van der Waals surface area contributed by atoms with Crippen LogP contribution in [0, 0.1) is 28.1 Å². The van der Waals surface area contributed by atoms with E-state index < -0.39 is 0 Å². The number of pyridine rings is 1. The number of nitrogens with zero attached hydrogens (tertiary/aromatic N) is 3. The van der Waals surface area contributed by atoms with Crippen LogP contribution in [0.2, 0.25) is 0 Å². The van der Waals surface area contributed by atoms with Crippen LogP contribution in [0.4, 0.5) is 5.82 Å². The lowest BCUT2D eigenvalue weighted by atomic mass is 9.92. The second-order valence-electron chi connectivity index (χ2n) is 5.48. The largest absolute Gasteiger partial charge is 0.383 e. The number of aromatic nitrogens is 1. The van der Waals surface area contributed by atoms with E-state index in [1.165, 1.54) is 18.9 Å². The molecule has 1 aliphatic rings. The third-order valence-corrected chi connectivity index (χ3v) is 5.36. The molecule has 2 N–H and O–H groups in total. The Morgan fingerprint density at radius 2 is 2.05 bits per heavy atom. The summed E-state index contributed by atoms with van der Waals surface area (Å²) in [7, 11) is 0. The molecule has 1 heterocycles. The summed E-state index contributed by atoms with van der Waals surface area (Å²) >= 11 is 1.62. The van der Waals surface area contributed by atoms with E-state index in [0.29, 0.717) is 15.8 Å². The van der Waals surface area contributed by atoms with Crippen LogP contribution in [0.15, 0.2) is 11.1 Å². The van der Waals surface area contributed by atoms with Crippen molar-refractivity contribution in [3.63, 3.8) is 0 Å². The highest BCUT2D eigenvalue weighted by Crippen LogP contribution is 2.47. The zero-order chi connectivity index (χ0) is 14.0. The standard InChI is InChI=1S/C14H16N4S/c1-14(2)5-3-4-11(14)19-13-10(8-16)6-9(7-15)12(17)18-13/h6,11H,3-5H2,1-2H3,(H2,17,18). The first-order valence-corrected chi connectivity index (χ1v) is 7.13. The maximum Gasteiger partial charge on any atom is 0.142 e. The Hall–Kier alpha value is -1.72. The Bertz CT molecular complexity index is 580. The molecule has 1 unspecified atom stereocenters. The SMILES string of the molecule is CC1(C)CCCC1Sc1nc(N)c(C#N)cc1C#N. The maximum absolute atomic E-state index is 9.18. The number of nitrogens with two attached hydrogens (primary N) is 1. The van der Waals surface area contributed by atoms with Gasteiger partial charge < -0.3 is 5.73 Å². The molecule has 0 bridgehead atoms. The van der Waals surface area contributed by atoms with Crippen LogP contribution in [0.5, 0.6) is 0 Å². The van der Waals surface area contributed by atoms with Gasteiger partial charge in [-0.2, -0.15) is 10.5 Å². The van der Waals surface area contributed by atoms with Gasteiger partial charge in [0.05, 0.1) is 11.1 Å². The average Bonchev–Trinajstić information content (AvgIpc) is 2.69. The molecule has 0 radical (unpaired) electrons. The van der Waals surface area contributed by atoms with Gasteiger partial charge in [0.2, 0.25) is 0 Å². The first kappa shape index (κ1) is 13.7. The van der Waals surface area contributed by atoms with Gasteiger partial charge in [0.25, 0.3) is 0 Å². The highest BCUT2D eigenvalue weighted by atomic mass is 32.2. The normalized spacial score (nSPS) is 20.7. The first-order valence-electron chi connectivity index (χ1n) is 6.25. The molecule has 98 valence electrons. The minimum atomic E-state index is 0.208. The smallest absolute Gasteiger partial charge is 0.142 e. The van der Waals surface area contributed by atoms with Gasteiger partial charge in [0.1, 0.15) is 23.0 Å². The lowest BCUT2D eigenvalue weighted by Crippen LogP contribution is -2.20. The van der Waals surface area contributed by atoms with E-state index in [4.69, 9.17) is 11.0 Å². The van der Waals surface area contributed by atoms with Crippen LogP contribution in [0.1, 0.15) is 44.2 Å². The topological polar surface area (TPSA) is 86.5 Å². The highest BCUT2D eigenvalue weighted by molar-refractivity contribution is 8.00. The molecule has 1 fully saturated rings. The summed E-state index contributed by atoms with van der Waals surface area (Å²) in [5, 5.41) is 19.2. The summed E-state index contributed by atoms with van der Waals surface area (Å²) in [6.45, 7) is 4.49. The van der Waals surface area contributed by atoms with Crippen molar-refractivity contribution in [1.82, 2.24) is 4.98 Å². The molecule has 0 aliphatic heterocycles. The fourth-order valence-corrected chi connectivity index (χ4v) is 3.79. The lowest BCUT2D eigenvalue weighted by molar-refractivity contribution is 0.393. The molecule has 5 heteroatoms. The molecule has 0 spiro atoms. The van der Waals surface area contributed by atoms with Crippen LogP contribution in [0.25, 0.3) is 0 Å². The average molecular weight is 272 g/mol. The zero-order valence-corrected chi connectivity index (χ0v) is 11.9. The van der Waals surface area contributed by atoms with Crippen LogP contribution < -0.4 is 5.73 Å². The fraction of sp³-hybridized carbons (Fsp3) is 0.500. The number of nitrogen functional groups attached to an aromatic ring is 1. The van der Waals surface area contributed by atoms with E-state index in [0.717, 1.165) is 6.42 Å². The van der Waals surface area contributed by atoms with Crippen molar-refractivity contribution in [3.05, 3.63) is 17.2 Å². The van der Waals surface area contributed by atoms with Gasteiger partial charge in [-0.3, -0.25) is 0 Å². The van der Waals surface area contributed by atoms with E-state index in [1.807, 2.05) is 6.07 Å². The molecule has 1 aliphatic carbocycles. The highest BCUT2D eigenvalue weighted by Gasteiger charge is 2.35. The molecule has 1 aromatic rings. The lowest BCUT2D eigenvalue weighted by Gasteiger charge is -2.26. The minimum absolute atomic E-state index is 0.208. The Kier molecular flexibility index (Phi) is 3.68. The predicted molar refractivity (Wildman–Crippen MR) is 75.4 cm³/mol. The summed E-state index contributed by atoms with van der Waals surface area (Å²) in [6.07, 6.45) is 3.53. The van der Waals surface area contributed by atoms with Crippen molar-refractivity contribution in [3.8, 4) is 12.1 Å². The quantitative estimate of drug-likeness (QED) is 0.894. The van der Waals surface area contributed by atoms with Gasteiger partial charge >= 0.3 is 0 Å². The molecule has 0 amide bonds. The second kappa shape index (κ2) is 5.11. The molecule has 1 saturated carbocycles. The van der Waals surface area contributed by atoms with E-state index in [9.17, 15) is 5.26 Å². The van der Waals surface area contributed by atoms with Crippen LogP contribution in [0.3, 0.4) is 0 Å². The summed E-state index contributed by atoms with van der Waals surface area (Å²) < 4.78 is 0. The fourth-order valence-electron chi connectivity index (χ4n) is 2.42. The molecule has 1 atom stereocenters. The maximum atomic E-state index is 9.18. The molecular weight excluding hydrogens is 256 g/mol. The van der Waals surface area contributed by atoms with Crippen molar-refractivity contribution in [2.24, 2.45) is 5.41 Å². The molecule has 4 nitrogen and oxygen atoms in total. The molecular formula is C14H16N4S. The van der Waals surface area contributed by atoms with E-state index in [-0.39, 0.29) is 16.8 Å². The third-order valence-electron chi connectivity index (χ3n) is 3.67. The first-order chi connectivity index (χ1) is 8.97. The molecule has 1 aromatic heterocycles. The Balaban J connectivity index is 2.34. The van der Waals surface area contributed by atoms with Gasteiger partial charge in [-0.1, -0.05) is 20.3 Å². The number of hydrogen-bond donors (Lipinski definition) is 1. The second-order valence-corrected chi connectivity index (χ2v) is 6.68. The van der Waals surface area contributed by atoms with Crippen LogP contribution >= 0.6 is 11.8 Å². The van der Waals surface area contributed by atoms with Crippen molar-refractivity contribution >= 4 is 17.6 Å².